The summed E-state index contributed by atoms with van der Waals surface area (Å²) in [7, 11) is 0. The first kappa shape index (κ1) is 36.2. The Morgan fingerprint density at radius 1 is 1.02 bits per heavy atom. The van der Waals surface area contributed by atoms with Gasteiger partial charge in [-0.05, 0) is 91.9 Å². The highest BCUT2D eigenvalue weighted by molar-refractivity contribution is 8.02. The van der Waals surface area contributed by atoms with Crippen LogP contribution < -0.4 is 4.90 Å². The molecule has 0 radical (unpaired) electrons. The zero-order valence-electron chi connectivity index (χ0n) is 30.5. The molecule has 3 aromatic rings. The molecule has 3 aliphatic heterocycles. The Morgan fingerprint density at radius 3 is 2.54 bits per heavy atom. The van der Waals surface area contributed by atoms with E-state index in [1.807, 2.05) is 23.6 Å². The van der Waals surface area contributed by atoms with Gasteiger partial charge in [0, 0.05) is 51.2 Å². The summed E-state index contributed by atoms with van der Waals surface area (Å²) in [5.74, 6) is -0.657. The van der Waals surface area contributed by atoms with E-state index in [9.17, 15) is 14.7 Å². The number of thioether (sulfide) groups is 1. The van der Waals surface area contributed by atoms with E-state index >= 15 is 0 Å². The van der Waals surface area contributed by atoms with Crippen LogP contribution in [-0.4, -0.2) is 60.1 Å². The van der Waals surface area contributed by atoms with Crippen LogP contribution in [0.4, 0.5) is 11.4 Å². The van der Waals surface area contributed by atoms with Crippen molar-refractivity contribution in [2.45, 2.75) is 64.0 Å². The van der Waals surface area contributed by atoms with Gasteiger partial charge in [0.1, 0.15) is 12.4 Å². The molecule has 0 amide bonds. The van der Waals surface area contributed by atoms with Crippen LogP contribution in [0.5, 0.6) is 0 Å². The number of benzene rings is 2. The number of thiophene rings is 1. The van der Waals surface area contributed by atoms with Gasteiger partial charge in [-0.15, -0.1) is 23.1 Å². The number of Topliss-reactive ketones (excluding diaryl/α,β-unsaturated/α-hetero) is 1. The van der Waals surface area contributed by atoms with Crippen molar-refractivity contribution in [3.05, 3.63) is 117 Å². The first-order valence-corrected chi connectivity index (χ1v) is 19.7. The zero-order chi connectivity index (χ0) is 36.8. The van der Waals surface area contributed by atoms with E-state index in [0.29, 0.717) is 25.0 Å². The van der Waals surface area contributed by atoms with Gasteiger partial charge >= 0.3 is 5.97 Å². The molecular weight excluding hydrogens is 693 g/mol. The summed E-state index contributed by atoms with van der Waals surface area (Å²) in [5, 5.41) is 16.2. The maximum Gasteiger partial charge on any atom is 0.372 e. The third kappa shape index (κ3) is 6.29. The van der Waals surface area contributed by atoms with Crippen LogP contribution >= 0.6 is 23.1 Å². The monoisotopic (exact) mass is 737 g/mol. The molecule has 1 aliphatic carbocycles. The number of ketones is 1. The molecule has 10 heteroatoms. The average molecular weight is 738 g/mol. The largest absolute Gasteiger partial charge is 0.506 e. The predicted octanol–water partition coefficient (Wildman–Crippen LogP) is 9.02. The number of hydrogen-bond acceptors (Lipinski definition) is 9. The molecule has 0 bridgehead atoms. The molecule has 1 N–H and O–H groups in total. The summed E-state index contributed by atoms with van der Waals surface area (Å²) in [6.07, 6.45) is 6.75. The Morgan fingerprint density at radius 2 is 1.85 bits per heavy atom. The van der Waals surface area contributed by atoms with Crippen molar-refractivity contribution >= 4 is 51.9 Å². The predicted molar refractivity (Wildman–Crippen MR) is 209 cm³/mol. The number of ether oxygens (including phenoxy) is 1. The minimum Gasteiger partial charge on any atom is -0.506 e. The normalized spacial score (nSPS) is 21.4. The van der Waals surface area contributed by atoms with Crippen LogP contribution in [0.2, 0.25) is 0 Å². The maximum absolute atomic E-state index is 14.1. The topological polar surface area (TPSA) is 88.3 Å². The van der Waals surface area contributed by atoms with Crippen molar-refractivity contribution in [2.24, 2.45) is 0 Å². The summed E-state index contributed by atoms with van der Waals surface area (Å²) in [6.45, 7) is 13.7. The molecule has 1 unspecified atom stereocenters. The van der Waals surface area contributed by atoms with Crippen LogP contribution in [0, 0.1) is 0 Å². The van der Waals surface area contributed by atoms with Crippen molar-refractivity contribution in [1.29, 1.82) is 0 Å². The Hall–Kier alpha value is -4.22. The molecule has 0 saturated heterocycles. The number of aliphatic hydroxyl groups is 1. The summed E-state index contributed by atoms with van der Waals surface area (Å²) in [6, 6.07) is 17.1. The SMILES string of the molecule is CCOOCCN1C(=CC2=C(O)/C(=C/C3=[N+](CC(=O)OCC)c4ccc(C5CC=CS5)cc4C3(C)C)C2=O)C(C)(C)c2cc(-c3cccs3)ccc21. The molecule has 1 aromatic heterocycles. The smallest absolute Gasteiger partial charge is 0.372 e. The number of rotatable bonds is 12. The van der Waals surface area contributed by atoms with E-state index in [1.54, 1.807) is 36.1 Å². The Balaban J connectivity index is 1.27. The summed E-state index contributed by atoms with van der Waals surface area (Å²) >= 11 is 3.50. The van der Waals surface area contributed by atoms with Gasteiger partial charge in [-0.1, -0.05) is 38.1 Å². The molecule has 0 fully saturated rings. The number of fused-ring (bicyclic) bond motifs is 2. The molecule has 7 rings (SSSR count). The van der Waals surface area contributed by atoms with E-state index in [0.717, 1.165) is 45.9 Å². The average Bonchev–Trinajstić information content (AvgIpc) is 3.93. The van der Waals surface area contributed by atoms with Gasteiger partial charge in [-0.2, -0.15) is 4.58 Å². The lowest BCUT2D eigenvalue weighted by atomic mass is 9.77. The molecule has 270 valence electrons. The van der Waals surface area contributed by atoms with Crippen molar-refractivity contribution in [3.8, 4) is 10.4 Å². The molecule has 0 spiro atoms. The second kappa shape index (κ2) is 14.3. The van der Waals surface area contributed by atoms with Gasteiger partial charge in [0.2, 0.25) is 18.0 Å². The molecule has 4 heterocycles. The fourth-order valence-corrected chi connectivity index (χ4v) is 9.35. The number of nitrogens with zero attached hydrogens (tertiary/aromatic N) is 2. The molecular formula is C42H45N2O6S2+. The van der Waals surface area contributed by atoms with Gasteiger partial charge in [0.25, 0.3) is 0 Å². The number of allylic oxidation sites excluding steroid dienone is 6. The third-order valence-electron chi connectivity index (χ3n) is 10.4. The van der Waals surface area contributed by atoms with Crippen LogP contribution in [-0.2, 0) is 34.9 Å². The highest BCUT2D eigenvalue weighted by Crippen LogP contribution is 2.51. The molecule has 4 aliphatic rings. The van der Waals surface area contributed by atoms with Crippen molar-refractivity contribution in [3.63, 3.8) is 0 Å². The number of aliphatic hydroxyl groups excluding tert-OH is 1. The second-order valence-electron chi connectivity index (χ2n) is 14.3. The van der Waals surface area contributed by atoms with Crippen molar-refractivity contribution in [1.82, 2.24) is 0 Å². The van der Waals surface area contributed by atoms with Gasteiger partial charge < -0.3 is 14.7 Å². The van der Waals surface area contributed by atoms with Crippen LogP contribution in [0.1, 0.15) is 69.9 Å². The molecule has 52 heavy (non-hydrogen) atoms. The summed E-state index contributed by atoms with van der Waals surface area (Å²) in [4.78, 5) is 40.9. The first-order valence-electron chi connectivity index (χ1n) is 17.8. The van der Waals surface area contributed by atoms with Gasteiger partial charge in [0.05, 0.1) is 29.8 Å². The summed E-state index contributed by atoms with van der Waals surface area (Å²) in [5.41, 5.74) is 7.59. The van der Waals surface area contributed by atoms with E-state index in [1.165, 1.54) is 10.4 Å². The zero-order valence-corrected chi connectivity index (χ0v) is 32.2. The van der Waals surface area contributed by atoms with Gasteiger partial charge in [0.15, 0.2) is 5.71 Å². The Labute approximate surface area is 313 Å². The molecule has 0 saturated carbocycles. The van der Waals surface area contributed by atoms with E-state index < -0.39 is 10.8 Å². The Bertz CT molecular complexity index is 2080. The standard InChI is InChI=1S/C42H44N2O6S2/c1-7-48-38(45)25-44-33-16-14-27(35-12-10-20-52-35)22-31(33)42(5,6)37(44)24-29-39(46)28(40(29)47)23-36-41(3,4)30-21-26(34-11-9-19-51-34)13-15-32(30)43(36)17-18-50-49-8-2/h9-11,13-16,19-24,35H,7-8,12,17-18,25H2,1-6H3/p+1. The number of carbonyl (C=O) groups is 2. The second-order valence-corrected chi connectivity index (χ2v) is 16.4. The van der Waals surface area contributed by atoms with Crippen LogP contribution in [0.25, 0.3) is 10.4 Å². The number of esters is 1. The van der Waals surface area contributed by atoms with E-state index in [-0.39, 0.29) is 41.8 Å². The maximum atomic E-state index is 14.1. The minimum atomic E-state index is -0.553. The van der Waals surface area contributed by atoms with E-state index in [2.05, 4.69) is 91.9 Å². The lowest BCUT2D eigenvalue weighted by Crippen LogP contribution is -2.33. The fraction of sp³-hybridized carbons (Fsp3) is 0.357. The van der Waals surface area contributed by atoms with Gasteiger partial charge in [-0.3, -0.25) is 4.79 Å². The van der Waals surface area contributed by atoms with Crippen molar-refractivity contribution in [2.75, 3.05) is 37.8 Å². The summed E-state index contributed by atoms with van der Waals surface area (Å²) < 4.78 is 7.30. The lowest BCUT2D eigenvalue weighted by molar-refractivity contribution is -0.428. The third-order valence-corrected chi connectivity index (χ3v) is 12.5. The van der Waals surface area contributed by atoms with Crippen molar-refractivity contribution < 1.29 is 33.8 Å². The minimum absolute atomic E-state index is 0.00325. The number of anilines is 1. The lowest BCUT2D eigenvalue weighted by Gasteiger charge is -2.29. The first-order chi connectivity index (χ1) is 25.0. The quantitative estimate of drug-likeness (QED) is 0.0492. The highest BCUT2D eigenvalue weighted by Gasteiger charge is 2.48. The highest BCUT2D eigenvalue weighted by atomic mass is 32.2. The molecule has 1 atom stereocenters. The Kier molecular flexibility index (Phi) is 9.95. The van der Waals surface area contributed by atoms with Gasteiger partial charge in [-0.25, -0.2) is 14.6 Å². The van der Waals surface area contributed by atoms with Crippen LogP contribution in [0.3, 0.4) is 0 Å². The van der Waals surface area contributed by atoms with Crippen LogP contribution in [0.15, 0.2) is 100 Å². The van der Waals surface area contributed by atoms with E-state index in [4.69, 9.17) is 14.5 Å². The number of hydrogen-bond donors (Lipinski definition) is 1. The fourth-order valence-electron chi connectivity index (χ4n) is 7.69. The number of carbonyl (C=O) groups excluding carboxylic acids is 2. The molecule has 8 nitrogen and oxygen atoms in total. The molecule has 2 aromatic carbocycles.